The third-order valence-corrected chi connectivity index (χ3v) is 3.94. The lowest BCUT2D eigenvalue weighted by atomic mass is 10.2. The standard InChI is InChI=1S/C19H24ClNO3/c1-22-10-6-9-21-13-16-11-18(23-2)19(12-17(16)20)24-14-15-7-4-3-5-8-15/h3-5,7-8,11-12,21H,6,9-10,13-14H2,1-2H3. The van der Waals surface area contributed by atoms with Gasteiger partial charge in [0.15, 0.2) is 11.5 Å². The fourth-order valence-electron chi connectivity index (χ4n) is 2.28. The van der Waals surface area contributed by atoms with Crippen LogP contribution in [0, 0.1) is 0 Å². The molecule has 0 radical (unpaired) electrons. The Hall–Kier alpha value is -1.75. The molecule has 5 heteroatoms. The van der Waals surface area contributed by atoms with E-state index >= 15 is 0 Å². The molecule has 0 aliphatic carbocycles. The van der Waals surface area contributed by atoms with Crippen molar-refractivity contribution in [1.29, 1.82) is 0 Å². The zero-order valence-corrected chi connectivity index (χ0v) is 14.9. The van der Waals surface area contributed by atoms with E-state index in [1.807, 2.05) is 42.5 Å². The summed E-state index contributed by atoms with van der Waals surface area (Å²) in [4.78, 5) is 0. The predicted octanol–water partition coefficient (Wildman–Crippen LogP) is 4.05. The smallest absolute Gasteiger partial charge is 0.163 e. The topological polar surface area (TPSA) is 39.7 Å². The summed E-state index contributed by atoms with van der Waals surface area (Å²) >= 11 is 6.38. The number of hydrogen-bond donors (Lipinski definition) is 1. The monoisotopic (exact) mass is 349 g/mol. The van der Waals surface area contributed by atoms with E-state index in [4.69, 9.17) is 25.8 Å². The van der Waals surface area contributed by atoms with Gasteiger partial charge >= 0.3 is 0 Å². The predicted molar refractivity (Wildman–Crippen MR) is 97.0 cm³/mol. The summed E-state index contributed by atoms with van der Waals surface area (Å²) in [5.41, 5.74) is 2.08. The average molecular weight is 350 g/mol. The van der Waals surface area contributed by atoms with E-state index in [2.05, 4.69) is 5.32 Å². The summed E-state index contributed by atoms with van der Waals surface area (Å²) in [6.07, 6.45) is 0.962. The second kappa shape index (κ2) is 10.2. The Kier molecular flexibility index (Phi) is 7.89. The second-order valence-corrected chi connectivity index (χ2v) is 5.80. The molecule has 0 spiro atoms. The number of nitrogens with one attached hydrogen (secondary N) is 1. The molecule has 0 aromatic heterocycles. The summed E-state index contributed by atoms with van der Waals surface area (Å²) in [5, 5.41) is 4.01. The number of benzene rings is 2. The second-order valence-electron chi connectivity index (χ2n) is 5.39. The molecule has 2 aromatic rings. The fraction of sp³-hybridized carbons (Fsp3) is 0.368. The summed E-state index contributed by atoms with van der Waals surface area (Å²) in [6, 6.07) is 13.7. The molecule has 0 fully saturated rings. The number of halogens is 1. The average Bonchev–Trinajstić information content (AvgIpc) is 2.62. The van der Waals surface area contributed by atoms with Gasteiger partial charge in [-0.15, -0.1) is 0 Å². The minimum atomic E-state index is 0.474. The van der Waals surface area contributed by atoms with Gasteiger partial charge in [0.2, 0.25) is 0 Å². The van der Waals surface area contributed by atoms with Crippen molar-refractivity contribution in [3.8, 4) is 11.5 Å². The number of methoxy groups -OCH3 is 2. The molecule has 4 nitrogen and oxygen atoms in total. The van der Waals surface area contributed by atoms with Crippen LogP contribution < -0.4 is 14.8 Å². The van der Waals surface area contributed by atoms with E-state index in [9.17, 15) is 0 Å². The van der Waals surface area contributed by atoms with E-state index in [1.165, 1.54) is 0 Å². The first-order valence-electron chi connectivity index (χ1n) is 7.97. The van der Waals surface area contributed by atoms with E-state index < -0.39 is 0 Å². The Balaban J connectivity index is 1.98. The largest absolute Gasteiger partial charge is 0.493 e. The minimum Gasteiger partial charge on any atom is -0.493 e. The lowest BCUT2D eigenvalue weighted by molar-refractivity contribution is 0.194. The van der Waals surface area contributed by atoms with Gasteiger partial charge in [0.1, 0.15) is 6.61 Å². The highest BCUT2D eigenvalue weighted by Crippen LogP contribution is 2.33. The molecule has 0 atom stereocenters. The summed E-state index contributed by atoms with van der Waals surface area (Å²) < 4.78 is 16.3. The van der Waals surface area contributed by atoms with Crippen molar-refractivity contribution < 1.29 is 14.2 Å². The van der Waals surface area contributed by atoms with Crippen molar-refractivity contribution >= 4 is 11.6 Å². The first kappa shape index (κ1) is 18.6. The van der Waals surface area contributed by atoms with Crippen molar-refractivity contribution in [1.82, 2.24) is 5.32 Å². The molecular weight excluding hydrogens is 326 g/mol. The molecule has 0 aliphatic rings. The highest BCUT2D eigenvalue weighted by molar-refractivity contribution is 6.31. The summed E-state index contributed by atoms with van der Waals surface area (Å²) in [7, 11) is 3.34. The molecule has 0 amide bonds. The van der Waals surface area contributed by atoms with Gasteiger partial charge in [-0.1, -0.05) is 41.9 Å². The van der Waals surface area contributed by atoms with E-state index in [-0.39, 0.29) is 0 Å². The van der Waals surface area contributed by atoms with Crippen LogP contribution >= 0.6 is 11.6 Å². The molecule has 0 bridgehead atoms. The quantitative estimate of drug-likeness (QED) is 0.657. The van der Waals surface area contributed by atoms with Crippen molar-refractivity contribution in [2.24, 2.45) is 0 Å². The van der Waals surface area contributed by atoms with Gasteiger partial charge < -0.3 is 19.5 Å². The fourth-order valence-corrected chi connectivity index (χ4v) is 2.51. The molecular formula is C19H24ClNO3. The molecule has 24 heavy (non-hydrogen) atoms. The molecule has 0 unspecified atom stereocenters. The Morgan fingerprint density at radius 3 is 2.54 bits per heavy atom. The Bertz CT molecular complexity index is 620. The summed E-state index contributed by atoms with van der Waals surface area (Å²) in [6.45, 7) is 2.77. The third kappa shape index (κ3) is 5.71. The van der Waals surface area contributed by atoms with E-state index in [1.54, 1.807) is 14.2 Å². The van der Waals surface area contributed by atoms with Crippen LogP contribution in [0.25, 0.3) is 0 Å². The van der Waals surface area contributed by atoms with Crippen molar-refractivity contribution in [3.05, 3.63) is 58.6 Å². The van der Waals surface area contributed by atoms with Crippen LogP contribution in [0.2, 0.25) is 5.02 Å². The molecule has 0 heterocycles. The molecule has 0 saturated carbocycles. The Morgan fingerprint density at radius 2 is 1.83 bits per heavy atom. The number of rotatable bonds is 10. The lowest BCUT2D eigenvalue weighted by Crippen LogP contribution is -2.16. The van der Waals surface area contributed by atoms with Crippen LogP contribution in [-0.2, 0) is 17.9 Å². The van der Waals surface area contributed by atoms with Crippen LogP contribution in [0.1, 0.15) is 17.5 Å². The van der Waals surface area contributed by atoms with Crippen LogP contribution in [-0.4, -0.2) is 27.4 Å². The van der Waals surface area contributed by atoms with Crippen molar-refractivity contribution in [3.63, 3.8) is 0 Å². The molecule has 0 saturated heterocycles. The maximum Gasteiger partial charge on any atom is 0.163 e. The molecule has 2 rings (SSSR count). The molecule has 0 aliphatic heterocycles. The van der Waals surface area contributed by atoms with Crippen LogP contribution in [0.15, 0.2) is 42.5 Å². The van der Waals surface area contributed by atoms with Crippen LogP contribution in [0.5, 0.6) is 11.5 Å². The van der Waals surface area contributed by atoms with Gasteiger partial charge in [-0.3, -0.25) is 0 Å². The van der Waals surface area contributed by atoms with Gasteiger partial charge in [0.05, 0.1) is 7.11 Å². The maximum atomic E-state index is 6.38. The van der Waals surface area contributed by atoms with Crippen molar-refractivity contribution in [2.45, 2.75) is 19.6 Å². The highest BCUT2D eigenvalue weighted by Gasteiger charge is 2.11. The minimum absolute atomic E-state index is 0.474. The van der Waals surface area contributed by atoms with Crippen molar-refractivity contribution in [2.75, 3.05) is 27.4 Å². The van der Waals surface area contributed by atoms with E-state index in [0.29, 0.717) is 29.7 Å². The third-order valence-electron chi connectivity index (χ3n) is 3.59. The lowest BCUT2D eigenvalue weighted by Gasteiger charge is -2.14. The summed E-state index contributed by atoms with van der Waals surface area (Å²) in [5.74, 6) is 1.33. The van der Waals surface area contributed by atoms with Gasteiger partial charge in [0.25, 0.3) is 0 Å². The van der Waals surface area contributed by atoms with Gasteiger partial charge in [0, 0.05) is 31.4 Å². The van der Waals surface area contributed by atoms with Crippen LogP contribution in [0.3, 0.4) is 0 Å². The molecule has 1 N–H and O–H groups in total. The first-order chi connectivity index (χ1) is 11.7. The molecule has 2 aromatic carbocycles. The van der Waals surface area contributed by atoms with E-state index in [0.717, 1.165) is 30.7 Å². The normalized spacial score (nSPS) is 10.6. The van der Waals surface area contributed by atoms with Gasteiger partial charge in [-0.25, -0.2) is 0 Å². The van der Waals surface area contributed by atoms with Gasteiger partial charge in [-0.2, -0.15) is 0 Å². The molecule has 130 valence electrons. The number of ether oxygens (including phenoxy) is 3. The van der Waals surface area contributed by atoms with Crippen LogP contribution in [0.4, 0.5) is 0 Å². The highest BCUT2D eigenvalue weighted by atomic mass is 35.5. The number of hydrogen-bond acceptors (Lipinski definition) is 4. The first-order valence-corrected chi connectivity index (χ1v) is 8.35. The SMILES string of the molecule is COCCCNCc1cc(OC)c(OCc2ccccc2)cc1Cl. The Labute approximate surface area is 148 Å². The Morgan fingerprint density at radius 1 is 1.04 bits per heavy atom. The van der Waals surface area contributed by atoms with Gasteiger partial charge in [-0.05, 0) is 30.2 Å². The maximum absolute atomic E-state index is 6.38. The zero-order valence-electron chi connectivity index (χ0n) is 14.2. The zero-order chi connectivity index (χ0) is 17.2.